The molecule has 1 saturated carbocycles. The SMILES string of the molecule is CCN(C(=O)NC1CC1)C(CC)(CC)CN. The van der Waals surface area contributed by atoms with Crippen LogP contribution < -0.4 is 11.1 Å². The predicted molar refractivity (Wildman–Crippen MR) is 66.3 cm³/mol. The van der Waals surface area contributed by atoms with Gasteiger partial charge in [0, 0.05) is 19.1 Å². The van der Waals surface area contributed by atoms with E-state index in [0.29, 0.717) is 12.6 Å². The number of hydrogen-bond acceptors (Lipinski definition) is 2. The van der Waals surface area contributed by atoms with Crippen LogP contribution in [0.15, 0.2) is 0 Å². The van der Waals surface area contributed by atoms with Gasteiger partial charge in [-0.1, -0.05) is 13.8 Å². The van der Waals surface area contributed by atoms with Crippen molar-refractivity contribution >= 4 is 6.03 Å². The van der Waals surface area contributed by atoms with Crippen LogP contribution >= 0.6 is 0 Å². The first-order valence-corrected chi connectivity index (χ1v) is 6.41. The van der Waals surface area contributed by atoms with Crippen molar-refractivity contribution in [1.82, 2.24) is 10.2 Å². The van der Waals surface area contributed by atoms with Crippen LogP contribution in [0, 0.1) is 0 Å². The second-order valence-corrected chi connectivity index (χ2v) is 4.60. The Morgan fingerprint density at radius 1 is 1.38 bits per heavy atom. The second-order valence-electron chi connectivity index (χ2n) is 4.60. The number of hydrogen-bond donors (Lipinski definition) is 2. The Kier molecular flexibility index (Phi) is 4.59. The smallest absolute Gasteiger partial charge is 0.318 e. The van der Waals surface area contributed by atoms with E-state index in [1.807, 2.05) is 11.8 Å². The molecule has 1 rings (SSSR count). The summed E-state index contributed by atoms with van der Waals surface area (Å²) in [5.74, 6) is 0. The number of amides is 2. The van der Waals surface area contributed by atoms with E-state index in [4.69, 9.17) is 5.73 Å². The summed E-state index contributed by atoms with van der Waals surface area (Å²) in [5.41, 5.74) is 5.69. The number of rotatable bonds is 6. The maximum atomic E-state index is 12.1. The molecule has 94 valence electrons. The van der Waals surface area contributed by atoms with Gasteiger partial charge in [0.2, 0.25) is 0 Å². The van der Waals surface area contributed by atoms with Crippen molar-refractivity contribution in [2.75, 3.05) is 13.1 Å². The van der Waals surface area contributed by atoms with Crippen molar-refractivity contribution in [3.8, 4) is 0 Å². The second kappa shape index (κ2) is 5.53. The van der Waals surface area contributed by atoms with Gasteiger partial charge in [0.15, 0.2) is 0 Å². The van der Waals surface area contributed by atoms with Crippen LogP contribution in [-0.2, 0) is 0 Å². The summed E-state index contributed by atoms with van der Waals surface area (Å²) in [6, 6.07) is 0.463. The van der Waals surface area contributed by atoms with Gasteiger partial charge in [-0.05, 0) is 32.6 Å². The van der Waals surface area contributed by atoms with Gasteiger partial charge >= 0.3 is 6.03 Å². The minimum Gasteiger partial charge on any atom is -0.335 e. The van der Waals surface area contributed by atoms with Gasteiger partial charge in [-0.2, -0.15) is 0 Å². The summed E-state index contributed by atoms with van der Waals surface area (Å²) in [7, 11) is 0. The number of likely N-dealkylation sites (N-methyl/N-ethyl adjacent to an activating group) is 1. The van der Waals surface area contributed by atoms with Gasteiger partial charge < -0.3 is 16.0 Å². The number of carbonyl (C=O) groups excluding carboxylic acids is 1. The molecule has 0 aromatic rings. The molecule has 4 heteroatoms. The maximum absolute atomic E-state index is 12.1. The molecule has 0 radical (unpaired) electrons. The first-order valence-electron chi connectivity index (χ1n) is 6.41. The lowest BCUT2D eigenvalue weighted by Crippen LogP contribution is -2.58. The summed E-state index contributed by atoms with van der Waals surface area (Å²) >= 11 is 0. The third-order valence-corrected chi connectivity index (χ3v) is 3.74. The molecule has 1 aliphatic rings. The van der Waals surface area contributed by atoms with Crippen molar-refractivity contribution in [3.63, 3.8) is 0 Å². The first-order chi connectivity index (χ1) is 7.63. The summed E-state index contributed by atoms with van der Waals surface area (Å²) < 4.78 is 0. The zero-order chi connectivity index (χ0) is 12.2. The van der Waals surface area contributed by atoms with Gasteiger partial charge in [-0.3, -0.25) is 0 Å². The fourth-order valence-corrected chi connectivity index (χ4v) is 2.21. The Balaban J connectivity index is 2.71. The highest BCUT2D eigenvalue weighted by Gasteiger charge is 2.36. The molecule has 4 nitrogen and oxygen atoms in total. The van der Waals surface area contributed by atoms with Gasteiger partial charge in [0.1, 0.15) is 0 Å². The minimum absolute atomic E-state index is 0.0548. The van der Waals surface area contributed by atoms with Gasteiger partial charge in [-0.25, -0.2) is 4.79 Å². The fourth-order valence-electron chi connectivity index (χ4n) is 2.21. The molecule has 0 bridgehead atoms. The molecule has 3 N–H and O–H groups in total. The highest BCUT2D eigenvalue weighted by molar-refractivity contribution is 5.75. The zero-order valence-electron chi connectivity index (χ0n) is 10.8. The van der Waals surface area contributed by atoms with E-state index in [9.17, 15) is 4.79 Å². The van der Waals surface area contributed by atoms with E-state index in [0.717, 1.165) is 32.2 Å². The maximum Gasteiger partial charge on any atom is 0.318 e. The fraction of sp³-hybridized carbons (Fsp3) is 0.917. The number of nitrogens with two attached hydrogens (primary N) is 1. The lowest BCUT2D eigenvalue weighted by atomic mass is 9.91. The van der Waals surface area contributed by atoms with Crippen LogP contribution in [0.5, 0.6) is 0 Å². The van der Waals surface area contributed by atoms with Crippen molar-refractivity contribution in [2.24, 2.45) is 5.73 Å². The molecule has 0 heterocycles. The van der Waals surface area contributed by atoms with E-state index in [2.05, 4.69) is 19.2 Å². The van der Waals surface area contributed by atoms with E-state index in [-0.39, 0.29) is 11.6 Å². The number of urea groups is 1. The van der Waals surface area contributed by atoms with Gasteiger partial charge in [0.05, 0.1) is 5.54 Å². The molecule has 0 aromatic heterocycles. The van der Waals surface area contributed by atoms with Gasteiger partial charge in [-0.15, -0.1) is 0 Å². The molecule has 0 atom stereocenters. The molecule has 0 aliphatic heterocycles. The number of carbonyl (C=O) groups is 1. The van der Waals surface area contributed by atoms with Crippen LogP contribution in [-0.4, -0.2) is 35.6 Å². The van der Waals surface area contributed by atoms with E-state index >= 15 is 0 Å². The van der Waals surface area contributed by atoms with Crippen LogP contribution in [0.25, 0.3) is 0 Å². The summed E-state index contributed by atoms with van der Waals surface area (Å²) in [4.78, 5) is 14.0. The lowest BCUT2D eigenvalue weighted by Gasteiger charge is -2.42. The summed E-state index contributed by atoms with van der Waals surface area (Å²) in [6.07, 6.45) is 4.06. The summed E-state index contributed by atoms with van der Waals surface area (Å²) in [6.45, 7) is 7.47. The van der Waals surface area contributed by atoms with E-state index < -0.39 is 0 Å². The van der Waals surface area contributed by atoms with Crippen molar-refractivity contribution in [1.29, 1.82) is 0 Å². The summed E-state index contributed by atoms with van der Waals surface area (Å²) in [5, 5.41) is 3.04. The topological polar surface area (TPSA) is 58.4 Å². The van der Waals surface area contributed by atoms with Gasteiger partial charge in [0.25, 0.3) is 0 Å². The Morgan fingerprint density at radius 3 is 2.25 bits per heavy atom. The minimum atomic E-state index is -0.173. The average molecular weight is 227 g/mol. The van der Waals surface area contributed by atoms with Crippen LogP contribution in [0.4, 0.5) is 4.79 Å². The molecule has 1 aliphatic carbocycles. The van der Waals surface area contributed by atoms with Crippen molar-refractivity contribution in [3.05, 3.63) is 0 Å². The lowest BCUT2D eigenvalue weighted by molar-refractivity contribution is 0.112. The van der Waals surface area contributed by atoms with Crippen molar-refractivity contribution in [2.45, 2.75) is 58.0 Å². The normalized spacial score (nSPS) is 16.0. The molecule has 0 aromatic carbocycles. The molecule has 16 heavy (non-hydrogen) atoms. The molecule has 0 spiro atoms. The Morgan fingerprint density at radius 2 is 1.94 bits per heavy atom. The monoisotopic (exact) mass is 227 g/mol. The van der Waals surface area contributed by atoms with Crippen LogP contribution in [0.2, 0.25) is 0 Å². The van der Waals surface area contributed by atoms with Crippen LogP contribution in [0.1, 0.15) is 46.5 Å². The highest BCUT2D eigenvalue weighted by atomic mass is 16.2. The zero-order valence-corrected chi connectivity index (χ0v) is 10.8. The molecule has 1 fully saturated rings. The Labute approximate surface area is 98.6 Å². The largest absolute Gasteiger partial charge is 0.335 e. The molecule has 0 saturated heterocycles. The molecule has 2 amide bonds. The number of nitrogens with one attached hydrogen (secondary N) is 1. The van der Waals surface area contributed by atoms with E-state index in [1.54, 1.807) is 0 Å². The first kappa shape index (κ1) is 13.3. The van der Waals surface area contributed by atoms with E-state index in [1.165, 1.54) is 0 Å². The molecular weight excluding hydrogens is 202 g/mol. The Bertz CT molecular complexity index is 226. The quantitative estimate of drug-likeness (QED) is 0.725. The Hall–Kier alpha value is -0.770. The predicted octanol–water partition coefficient (Wildman–Crippen LogP) is 1.70. The molecule has 0 unspecified atom stereocenters. The average Bonchev–Trinajstić information content (AvgIpc) is 3.09. The van der Waals surface area contributed by atoms with Crippen LogP contribution in [0.3, 0.4) is 0 Å². The molecular formula is C12H25N3O. The number of nitrogens with zero attached hydrogens (tertiary/aromatic N) is 1. The van der Waals surface area contributed by atoms with Crippen molar-refractivity contribution < 1.29 is 4.79 Å². The standard InChI is InChI=1S/C12H25N3O/c1-4-12(5-2,9-13)15(6-3)11(16)14-10-7-8-10/h10H,4-9,13H2,1-3H3,(H,14,16). The third-order valence-electron chi connectivity index (χ3n) is 3.74. The highest BCUT2D eigenvalue weighted by Crippen LogP contribution is 2.25. The third kappa shape index (κ3) is 2.67.